The molecule has 1 aromatic rings. The largest absolute Gasteiger partial charge is 2.00 e. The molecule has 0 heterocycles. The molecule has 1 aromatic carbocycles. The molecule has 0 unspecified atom stereocenters. The van der Waals surface area contributed by atoms with Gasteiger partial charge in [0, 0.05) is 0 Å². The van der Waals surface area contributed by atoms with Crippen molar-refractivity contribution < 1.29 is 17.1 Å². The number of benzene rings is 1. The van der Waals surface area contributed by atoms with Crippen LogP contribution in [-0.2, 0) is 17.1 Å². The zero-order valence-corrected chi connectivity index (χ0v) is 7.42. The van der Waals surface area contributed by atoms with Gasteiger partial charge in [0.1, 0.15) is 0 Å². The zero-order valence-electron chi connectivity index (χ0n) is 6.32. The molecule has 0 aromatic heterocycles. The van der Waals surface area contributed by atoms with Crippen LogP contribution in [-0.4, -0.2) is 0 Å². The van der Waals surface area contributed by atoms with E-state index in [1.54, 1.807) is 0 Å². The second-order valence-electron chi connectivity index (χ2n) is 1.65. The van der Waals surface area contributed by atoms with Crippen LogP contribution in [0, 0.1) is 12.5 Å². The van der Waals surface area contributed by atoms with Gasteiger partial charge in [-0.25, -0.2) is 0 Å². The predicted molar refractivity (Wildman–Crippen MR) is 40.9 cm³/mol. The molecule has 0 nitrogen and oxygen atoms in total. The molecule has 0 atom stereocenters. The Hall–Kier alpha value is -0.261. The average molecular weight is 176 g/mol. The van der Waals surface area contributed by atoms with Crippen molar-refractivity contribution in [3.8, 4) is 0 Å². The molecule has 56 valence electrons. The fraction of sp³-hybridized carbons (Fsp3) is 0.222. The van der Waals surface area contributed by atoms with Crippen molar-refractivity contribution in [2.75, 3.05) is 0 Å². The standard InChI is InChI=1S/C6H5.C3H7.Fe/c1-2-4-6-5-3-1;1-3-2;/h1-5H;3H,1-2H3;/q2*-1;+2. The van der Waals surface area contributed by atoms with Crippen molar-refractivity contribution in [3.63, 3.8) is 0 Å². The van der Waals surface area contributed by atoms with Gasteiger partial charge in [0.25, 0.3) is 0 Å². The van der Waals surface area contributed by atoms with E-state index in [0.29, 0.717) is 0 Å². The maximum absolute atomic E-state index is 2.89. The van der Waals surface area contributed by atoms with Crippen molar-refractivity contribution in [2.24, 2.45) is 0 Å². The van der Waals surface area contributed by atoms with Gasteiger partial charge in [0.2, 0.25) is 0 Å². The fourth-order valence-electron chi connectivity index (χ4n) is 0.342. The first-order chi connectivity index (χ1) is 4.41. The molecule has 0 N–H and O–H groups in total. The second kappa shape index (κ2) is 11.5. The van der Waals surface area contributed by atoms with E-state index in [9.17, 15) is 0 Å². The zero-order chi connectivity index (χ0) is 6.95. The van der Waals surface area contributed by atoms with Crippen LogP contribution in [0.15, 0.2) is 30.3 Å². The van der Waals surface area contributed by atoms with E-state index in [1.165, 1.54) is 0 Å². The molecule has 0 saturated heterocycles. The smallest absolute Gasteiger partial charge is 0.335 e. The Labute approximate surface area is 74.1 Å². The molecule has 0 saturated carbocycles. The summed E-state index contributed by atoms with van der Waals surface area (Å²) >= 11 is 0. The third kappa shape index (κ3) is 10.7. The minimum Gasteiger partial charge on any atom is -0.335 e. The SMILES string of the molecule is C[CH-]C.[Fe+2].[c-]1ccccc1. The summed E-state index contributed by atoms with van der Waals surface area (Å²) in [5.74, 6) is 0. The number of hydrogen-bond donors (Lipinski definition) is 0. The minimum atomic E-state index is 0. The Balaban J connectivity index is 0. The van der Waals surface area contributed by atoms with Crippen LogP contribution in [0.4, 0.5) is 0 Å². The Morgan fingerprint density at radius 2 is 1.40 bits per heavy atom. The van der Waals surface area contributed by atoms with Gasteiger partial charge in [0.05, 0.1) is 0 Å². The van der Waals surface area contributed by atoms with E-state index in [1.807, 2.05) is 50.6 Å². The Bertz CT molecular complexity index is 87.6. The summed E-state index contributed by atoms with van der Waals surface area (Å²) in [5, 5.41) is 0. The molecular formula is C9H12Fe. The molecule has 0 spiro atoms. The summed E-state index contributed by atoms with van der Waals surface area (Å²) in [5.41, 5.74) is 0. The first-order valence-electron chi connectivity index (χ1n) is 3.07. The van der Waals surface area contributed by atoms with Gasteiger partial charge < -0.3 is 6.42 Å². The monoisotopic (exact) mass is 176 g/mol. The van der Waals surface area contributed by atoms with E-state index in [4.69, 9.17) is 0 Å². The molecule has 0 bridgehead atoms. The molecule has 0 aliphatic rings. The summed E-state index contributed by atoms with van der Waals surface area (Å²) in [6.07, 6.45) is 2.00. The quantitative estimate of drug-likeness (QED) is 0.421. The summed E-state index contributed by atoms with van der Waals surface area (Å²) < 4.78 is 0. The Morgan fingerprint density at radius 3 is 1.50 bits per heavy atom. The van der Waals surface area contributed by atoms with Gasteiger partial charge in [-0.1, -0.05) is 0 Å². The second-order valence-corrected chi connectivity index (χ2v) is 1.65. The summed E-state index contributed by atoms with van der Waals surface area (Å²) in [6, 6.07) is 12.5. The average Bonchev–Trinajstić information content (AvgIpc) is 1.93. The van der Waals surface area contributed by atoms with Crippen molar-refractivity contribution in [1.29, 1.82) is 0 Å². The molecule has 0 aliphatic heterocycles. The van der Waals surface area contributed by atoms with Crippen LogP contribution >= 0.6 is 0 Å². The number of hydrogen-bond acceptors (Lipinski definition) is 0. The van der Waals surface area contributed by atoms with E-state index >= 15 is 0 Å². The molecular weight excluding hydrogens is 164 g/mol. The molecule has 0 fully saturated rings. The Morgan fingerprint density at radius 1 is 1.00 bits per heavy atom. The number of rotatable bonds is 0. The van der Waals surface area contributed by atoms with Crippen LogP contribution < -0.4 is 0 Å². The van der Waals surface area contributed by atoms with Crippen molar-refractivity contribution in [1.82, 2.24) is 0 Å². The topological polar surface area (TPSA) is 0 Å². The van der Waals surface area contributed by atoms with Crippen molar-refractivity contribution >= 4 is 0 Å². The van der Waals surface area contributed by atoms with Gasteiger partial charge in [-0.2, -0.15) is 50.2 Å². The van der Waals surface area contributed by atoms with Crippen molar-refractivity contribution in [2.45, 2.75) is 13.8 Å². The molecule has 0 radical (unpaired) electrons. The summed E-state index contributed by atoms with van der Waals surface area (Å²) in [4.78, 5) is 0. The van der Waals surface area contributed by atoms with Crippen LogP contribution in [0.2, 0.25) is 0 Å². The van der Waals surface area contributed by atoms with Crippen molar-refractivity contribution in [3.05, 3.63) is 42.8 Å². The van der Waals surface area contributed by atoms with Crippen LogP contribution in [0.5, 0.6) is 0 Å². The van der Waals surface area contributed by atoms with Crippen LogP contribution in [0.3, 0.4) is 0 Å². The summed E-state index contributed by atoms with van der Waals surface area (Å²) in [6.45, 7) is 4.00. The third-order valence-corrected chi connectivity index (χ3v) is 0.607. The maximum Gasteiger partial charge on any atom is 2.00 e. The molecule has 10 heavy (non-hydrogen) atoms. The van der Waals surface area contributed by atoms with E-state index in [0.717, 1.165) is 0 Å². The maximum atomic E-state index is 2.89. The predicted octanol–water partition coefficient (Wildman–Crippen LogP) is 2.71. The molecule has 1 rings (SSSR count). The van der Waals surface area contributed by atoms with Gasteiger partial charge in [-0.05, 0) is 0 Å². The third-order valence-electron chi connectivity index (χ3n) is 0.607. The van der Waals surface area contributed by atoms with Gasteiger partial charge in [-0.3, -0.25) is 0 Å². The van der Waals surface area contributed by atoms with Gasteiger partial charge >= 0.3 is 17.1 Å². The first-order valence-corrected chi connectivity index (χ1v) is 3.07. The Kier molecular flexibility index (Phi) is 14.3. The van der Waals surface area contributed by atoms with Crippen LogP contribution in [0.1, 0.15) is 13.8 Å². The molecule has 0 amide bonds. The first kappa shape index (κ1) is 12.4. The molecule has 1 heteroatoms. The van der Waals surface area contributed by atoms with Gasteiger partial charge in [-0.15, -0.1) is 0 Å². The van der Waals surface area contributed by atoms with E-state index in [2.05, 4.69) is 6.07 Å². The van der Waals surface area contributed by atoms with Gasteiger partial charge in [0.15, 0.2) is 0 Å². The van der Waals surface area contributed by atoms with Crippen LogP contribution in [0.25, 0.3) is 0 Å². The fourth-order valence-corrected chi connectivity index (χ4v) is 0.342. The van der Waals surface area contributed by atoms with E-state index < -0.39 is 0 Å². The molecule has 0 aliphatic carbocycles. The minimum absolute atomic E-state index is 0. The van der Waals surface area contributed by atoms with E-state index in [-0.39, 0.29) is 17.1 Å². The normalized spacial score (nSPS) is 6.60. The summed E-state index contributed by atoms with van der Waals surface area (Å²) in [7, 11) is 0.